The minimum atomic E-state index is -0.120. The minimum Gasteiger partial charge on any atom is -0.351 e. The Bertz CT molecular complexity index is 595. The van der Waals surface area contributed by atoms with Crippen molar-refractivity contribution in [2.45, 2.75) is 6.42 Å². The number of nitrogens with zero attached hydrogens (tertiary/aromatic N) is 2. The van der Waals surface area contributed by atoms with Crippen molar-refractivity contribution in [1.29, 1.82) is 0 Å². The van der Waals surface area contributed by atoms with Crippen LogP contribution >= 0.6 is 22.9 Å². The van der Waals surface area contributed by atoms with Gasteiger partial charge in [-0.1, -0.05) is 23.7 Å². The molecular weight excluding hydrogens is 306 g/mol. The first-order chi connectivity index (χ1) is 10.1. The third kappa shape index (κ3) is 4.81. The predicted molar refractivity (Wildman–Crippen MR) is 88.1 cm³/mol. The standard InChI is InChI=1S/C15H18ClN3OS/c1-19(2)9-3-8-17-14(20)13-10-21-15(18-13)11-4-6-12(16)7-5-11/h4-7,10H,3,8-9H2,1-2H3,(H,17,20). The Morgan fingerprint density at radius 1 is 1.33 bits per heavy atom. The minimum absolute atomic E-state index is 0.120. The topological polar surface area (TPSA) is 45.2 Å². The Kier molecular flexibility index (Phi) is 5.73. The summed E-state index contributed by atoms with van der Waals surface area (Å²) >= 11 is 7.32. The van der Waals surface area contributed by atoms with E-state index in [-0.39, 0.29) is 5.91 Å². The molecule has 112 valence electrons. The third-order valence-electron chi connectivity index (χ3n) is 2.90. The zero-order chi connectivity index (χ0) is 15.2. The van der Waals surface area contributed by atoms with E-state index in [1.165, 1.54) is 11.3 Å². The van der Waals surface area contributed by atoms with Crippen LogP contribution in [0.3, 0.4) is 0 Å². The molecule has 0 unspecified atom stereocenters. The van der Waals surface area contributed by atoms with Crippen molar-refractivity contribution in [1.82, 2.24) is 15.2 Å². The average molecular weight is 324 g/mol. The van der Waals surface area contributed by atoms with E-state index in [2.05, 4.69) is 15.2 Å². The highest BCUT2D eigenvalue weighted by atomic mass is 35.5. The molecular formula is C15H18ClN3OS. The summed E-state index contributed by atoms with van der Waals surface area (Å²) in [6.45, 7) is 1.61. The van der Waals surface area contributed by atoms with E-state index in [0.717, 1.165) is 23.5 Å². The number of nitrogens with one attached hydrogen (secondary N) is 1. The van der Waals surface area contributed by atoms with Crippen LogP contribution in [0.2, 0.25) is 5.02 Å². The van der Waals surface area contributed by atoms with Crippen LogP contribution in [0.4, 0.5) is 0 Å². The molecule has 0 saturated carbocycles. The summed E-state index contributed by atoms with van der Waals surface area (Å²) in [5.74, 6) is -0.120. The molecule has 0 fully saturated rings. The smallest absolute Gasteiger partial charge is 0.270 e. The fraction of sp³-hybridized carbons (Fsp3) is 0.333. The van der Waals surface area contributed by atoms with Crippen molar-refractivity contribution in [2.24, 2.45) is 0 Å². The number of benzene rings is 1. The lowest BCUT2D eigenvalue weighted by Gasteiger charge is -2.09. The van der Waals surface area contributed by atoms with Crippen LogP contribution in [0.25, 0.3) is 10.6 Å². The molecule has 21 heavy (non-hydrogen) atoms. The predicted octanol–water partition coefficient (Wildman–Crippen LogP) is 3.15. The second kappa shape index (κ2) is 7.54. The first kappa shape index (κ1) is 15.9. The van der Waals surface area contributed by atoms with Gasteiger partial charge in [-0.3, -0.25) is 4.79 Å². The van der Waals surface area contributed by atoms with Gasteiger partial charge in [-0.15, -0.1) is 11.3 Å². The van der Waals surface area contributed by atoms with E-state index in [0.29, 0.717) is 17.3 Å². The Morgan fingerprint density at radius 3 is 2.71 bits per heavy atom. The van der Waals surface area contributed by atoms with Gasteiger partial charge < -0.3 is 10.2 Å². The normalized spacial score (nSPS) is 10.9. The first-order valence-electron chi connectivity index (χ1n) is 6.70. The number of thiazole rings is 1. The average Bonchev–Trinajstić information content (AvgIpc) is 2.94. The van der Waals surface area contributed by atoms with Crippen LogP contribution in [-0.2, 0) is 0 Å². The highest BCUT2D eigenvalue weighted by Gasteiger charge is 2.11. The van der Waals surface area contributed by atoms with Gasteiger partial charge in [0.1, 0.15) is 10.7 Å². The van der Waals surface area contributed by atoms with Crippen LogP contribution < -0.4 is 5.32 Å². The molecule has 6 heteroatoms. The molecule has 0 spiro atoms. The molecule has 0 aliphatic carbocycles. The maximum Gasteiger partial charge on any atom is 0.270 e. The van der Waals surface area contributed by atoms with Gasteiger partial charge in [0.25, 0.3) is 5.91 Å². The molecule has 0 atom stereocenters. The second-order valence-corrected chi connectivity index (χ2v) is 6.25. The van der Waals surface area contributed by atoms with Crippen molar-refractivity contribution in [2.75, 3.05) is 27.2 Å². The number of rotatable bonds is 6. The van der Waals surface area contributed by atoms with E-state index in [1.807, 2.05) is 38.4 Å². The SMILES string of the molecule is CN(C)CCCNC(=O)c1csc(-c2ccc(Cl)cc2)n1. The molecule has 0 aliphatic heterocycles. The summed E-state index contributed by atoms with van der Waals surface area (Å²) in [5.41, 5.74) is 1.44. The van der Waals surface area contributed by atoms with Gasteiger partial charge >= 0.3 is 0 Å². The Labute approximate surface area is 133 Å². The zero-order valence-corrected chi connectivity index (χ0v) is 13.7. The molecule has 1 heterocycles. The zero-order valence-electron chi connectivity index (χ0n) is 12.1. The maximum absolute atomic E-state index is 12.0. The number of carbonyl (C=O) groups excluding carboxylic acids is 1. The lowest BCUT2D eigenvalue weighted by atomic mass is 10.2. The summed E-state index contributed by atoms with van der Waals surface area (Å²) < 4.78 is 0. The highest BCUT2D eigenvalue weighted by Crippen LogP contribution is 2.24. The second-order valence-electron chi connectivity index (χ2n) is 4.96. The summed E-state index contributed by atoms with van der Waals surface area (Å²) in [4.78, 5) is 18.5. The van der Waals surface area contributed by atoms with Crippen LogP contribution in [-0.4, -0.2) is 43.0 Å². The van der Waals surface area contributed by atoms with Gasteiger partial charge in [0.15, 0.2) is 0 Å². The molecule has 0 aliphatic rings. The van der Waals surface area contributed by atoms with E-state index < -0.39 is 0 Å². The Morgan fingerprint density at radius 2 is 2.05 bits per heavy atom. The van der Waals surface area contributed by atoms with Crippen molar-refractivity contribution in [3.05, 3.63) is 40.4 Å². The van der Waals surface area contributed by atoms with E-state index in [4.69, 9.17) is 11.6 Å². The van der Waals surface area contributed by atoms with Gasteiger partial charge in [0.2, 0.25) is 0 Å². The quantitative estimate of drug-likeness (QED) is 0.831. The van der Waals surface area contributed by atoms with Crippen molar-refractivity contribution < 1.29 is 4.79 Å². The van der Waals surface area contributed by atoms with Crippen LogP contribution in [0, 0.1) is 0 Å². The van der Waals surface area contributed by atoms with E-state index in [9.17, 15) is 4.79 Å². The third-order valence-corrected chi connectivity index (χ3v) is 4.04. The molecule has 2 aromatic rings. The number of aromatic nitrogens is 1. The van der Waals surface area contributed by atoms with Crippen LogP contribution in [0.5, 0.6) is 0 Å². The number of hydrogen-bond donors (Lipinski definition) is 1. The lowest BCUT2D eigenvalue weighted by molar-refractivity contribution is 0.0948. The van der Waals surface area contributed by atoms with Gasteiger partial charge in [-0.2, -0.15) is 0 Å². The molecule has 0 saturated heterocycles. The van der Waals surface area contributed by atoms with Crippen molar-refractivity contribution in [3.8, 4) is 10.6 Å². The largest absolute Gasteiger partial charge is 0.351 e. The van der Waals surface area contributed by atoms with Crippen molar-refractivity contribution >= 4 is 28.8 Å². The monoisotopic (exact) mass is 323 g/mol. The molecule has 4 nitrogen and oxygen atoms in total. The molecule has 1 aromatic heterocycles. The maximum atomic E-state index is 12.0. The molecule has 0 radical (unpaired) electrons. The summed E-state index contributed by atoms with van der Waals surface area (Å²) in [6.07, 6.45) is 0.924. The Hall–Kier alpha value is -1.43. The fourth-order valence-corrected chi connectivity index (χ4v) is 2.72. The van der Waals surface area contributed by atoms with Gasteiger partial charge in [-0.05, 0) is 39.2 Å². The van der Waals surface area contributed by atoms with E-state index in [1.54, 1.807) is 5.38 Å². The molecule has 2 rings (SSSR count). The van der Waals surface area contributed by atoms with Gasteiger partial charge in [0, 0.05) is 22.5 Å². The number of halogens is 1. The highest BCUT2D eigenvalue weighted by molar-refractivity contribution is 7.13. The first-order valence-corrected chi connectivity index (χ1v) is 7.96. The number of hydrogen-bond acceptors (Lipinski definition) is 4. The number of carbonyl (C=O) groups is 1. The molecule has 0 bridgehead atoms. The molecule has 1 aromatic carbocycles. The Balaban J connectivity index is 1.93. The molecule has 1 amide bonds. The lowest BCUT2D eigenvalue weighted by Crippen LogP contribution is -2.27. The van der Waals surface area contributed by atoms with Crippen LogP contribution in [0.1, 0.15) is 16.9 Å². The van der Waals surface area contributed by atoms with E-state index >= 15 is 0 Å². The van der Waals surface area contributed by atoms with Gasteiger partial charge in [-0.25, -0.2) is 4.98 Å². The fourth-order valence-electron chi connectivity index (χ4n) is 1.79. The summed E-state index contributed by atoms with van der Waals surface area (Å²) in [7, 11) is 4.03. The van der Waals surface area contributed by atoms with Crippen molar-refractivity contribution in [3.63, 3.8) is 0 Å². The molecule has 1 N–H and O–H groups in total. The summed E-state index contributed by atoms with van der Waals surface area (Å²) in [5, 5.41) is 6.18. The summed E-state index contributed by atoms with van der Waals surface area (Å²) in [6, 6.07) is 7.44. The number of amides is 1. The van der Waals surface area contributed by atoms with Crippen LogP contribution in [0.15, 0.2) is 29.6 Å². The van der Waals surface area contributed by atoms with Gasteiger partial charge in [0.05, 0.1) is 0 Å².